The molecule has 0 aliphatic rings. The third-order valence-corrected chi connectivity index (χ3v) is 7.23. The summed E-state index contributed by atoms with van der Waals surface area (Å²) in [6.07, 6.45) is 48.9. The van der Waals surface area contributed by atoms with Crippen LogP contribution in [0.1, 0.15) is 207 Å². The summed E-state index contributed by atoms with van der Waals surface area (Å²) in [5.41, 5.74) is 0. The van der Waals surface area contributed by atoms with Gasteiger partial charge in [-0.2, -0.15) is 0 Å². The maximum atomic E-state index is 8.88. The number of phosphoric acid groups is 1. The Labute approximate surface area is 258 Å². The molecular weight excluding hydrogens is 527 g/mol. The first kappa shape index (κ1) is 45.0. The van der Waals surface area contributed by atoms with E-state index in [0.717, 1.165) is 0 Å². The van der Waals surface area contributed by atoms with Gasteiger partial charge in [0.15, 0.2) is 0 Å². The molecule has 0 amide bonds. The molecule has 0 rings (SSSR count). The molecule has 0 aromatic heterocycles. The van der Waals surface area contributed by atoms with E-state index in [9.17, 15) is 0 Å². The molecule has 0 saturated heterocycles. The molecule has 0 aliphatic heterocycles. The van der Waals surface area contributed by atoms with Crippen molar-refractivity contribution in [1.29, 1.82) is 0 Å². The van der Waals surface area contributed by atoms with E-state index in [4.69, 9.17) is 19.2 Å². The molecule has 0 aromatic carbocycles. The number of unbranched alkanes of at least 4 members (excludes halogenated alkanes) is 24. The Morgan fingerprint density at radius 3 is 0.659 bits per heavy atom. The standard InChI is InChI=1S/2C18H36.H3O4P/c2*1-3-5-7-9-11-13-15-17-18-16-14-12-10-8-6-4-2;1-5(2,3)4/h2*17-18H,3-16H2,1-2H3;(H3,1,2,3,4)/b2*18-17-;. The Bertz CT molecular complexity index is 459. The van der Waals surface area contributed by atoms with Crippen molar-refractivity contribution in [1.82, 2.24) is 0 Å². The summed E-state index contributed by atoms with van der Waals surface area (Å²) in [5.74, 6) is 0. The van der Waals surface area contributed by atoms with E-state index < -0.39 is 7.82 Å². The zero-order chi connectivity index (χ0) is 31.1. The topological polar surface area (TPSA) is 77.8 Å². The highest BCUT2D eigenvalue weighted by atomic mass is 31.2. The van der Waals surface area contributed by atoms with Crippen molar-refractivity contribution in [3.8, 4) is 0 Å². The van der Waals surface area contributed by atoms with Crippen LogP contribution in [0.4, 0.5) is 0 Å². The van der Waals surface area contributed by atoms with Gasteiger partial charge in [0.05, 0.1) is 0 Å². The summed E-state index contributed by atoms with van der Waals surface area (Å²) in [4.78, 5) is 21.6. The van der Waals surface area contributed by atoms with E-state index in [1.807, 2.05) is 0 Å². The van der Waals surface area contributed by atoms with Crippen LogP contribution in [0.3, 0.4) is 0 Å². The van der Waals surface area contributed by atoms with Crippen molar-refractivity contribution in [2.45, 2.75) is 207 Å². The van der Waals surface area contributed by atoms with E-state index >= 15 is 0 Å². The SMILES string of the molecule is CCCCCCCC/C=C\CCCCCCCC.CCCCCCCC/C=C\CCCCCCCC.O=P(O)(O)O. The summed E-state index contributed by atoms with van der Waals surface area (Å²) in [7, 11) is -4.64. The second-order valence-corrected chi connectivity index (χ2v) is 12.7. The molecule has 0 aliphatic carbocycles. The van der Waals surface area contributed by atoms with Gasteiger partial charge in [-0.05, 0) is 51.4 Å². The molecule has 0 atom stereocenters. The van der Waals surface area contributed by atoms with Crippen molar-refractivity contribution in [2.24, 2.45) is 0 Å². The summed E-state index contributed by atoms with van der Waals surface area (Å²) < 4.78 is 8.88. The van der Waals surface area contributed by atoms with E-state index in [2.05, 4.69) is 52.0 Å². The van der Waals surface area contributed by atoms with Crippen molar-refractivity contribution in [2.75, 3.05) is 0 Å². The monoisotopic (exact) mass is 603 g/mol. The summed E-state index contributed by atoms with van der Waals surface area (Å²) >= 11 is 0. The lowest BCUT2D eigenvalue weighted by Crippen LogP contribution is -1.79. The molecule has 248 valence electrons. The second-order valence-electron chi connectivity index (χ2n) is 11.7. The van der Waals surface area contributed by atoms with Crippen LogP contribution in [-0.2, 0) is 4.57 Å². The van der Waals surface area contributed by atoms with E-state index in [-0.39, 0.29) is 0 Å². The first-order valence-electron chi connectivity index (χ1n) is 17.9. The van der Waals surface area contributed by atoms with Crippen LogP contribution in [-0.4, -0.2) is 14.7 Å². The van der Waals surface area contributed by atoms with Gasteiger partial charge >= 0.3 is 7.82 Å². The molecule has 0 aromatic rings. The Balaban J connectivity index is -0.000000604. The zero-order valence-electron chi connectivity index (χ0n) is 28.3. The highest BCUT2D eigenvalue weighted by Gasteiger charge is 2.00. The maximum Gasteiger partial charge on any atom is 0.466 e. The highest BCUT2D eigenvalue weighted by molar-refractivity contribution is 7.45. The first-order valence-corrected chi connectivity index (χ1v) is 19.5. The number of hydrogen-bond donors (Lipinski definition) is 3. The van der Waals surface area contributed by atoms with Crippen molar-refractivity contribution in [3.05, 3.63) is 24.3 Å². The average molecular weight is 603 g/mol. The van der Waals surface area contributed by atoms with Crippen LogP contribution in [0.25, 0.3) is 0 Å². The molecule has 0 bridgehead atoms. The van der Waals surface area contributed by atoms with E-state index in [1.165, 1.54) is 180 Å². The molecule has 0 saturated carbocycles. The second kappa shape index (κ2) is 41.7. The predicted molar refractivity (Wildman–Crippen MR) is 185 cm³/mol. The molecule has 0 unspecified atom stereocenters. The fourth-order valence-electron chi connectivity index (χ4n) is 4.64. The highest BCUT2D eigenvalue weighted by Crippen LogP contribution is 2.25. The van der Waals surface area contributed by atoms with Crippen LogP contribution < -0.4 is 0 Å². The molecule has 5 heteroatoms. The quantitative estimate of drug-likeness (QED) is 0.0473. The normalized spacial score (nSPS) is 11.5. The van der Waals surface area contributed by atoms with Crippen molar-refractivity contribution < 1.29 is 19.2 Å². The van der Waals surface area contributed by atoms with Crippen LogP contribution in [0.15, 0.2) is 24.3 Å². The molecule has 3 N–H and O–H groups in total. The minimum atomic E-state index is -4.64. The zero-order valence-corrected chi connectivity index (χ0v) is 29.2. The molecular formula is C36H75O4P. The first-order chi connectivity index (χ1) is 19.8. The van der Waals surface area contributed by atoms with Crippen LogP contribution >= 0.6 is 7.82 Å². The Hall–Kier alpha value is -0.410. The third kappa shape index (κ3) is 63.9. The van der Waals surface area contributed by atoms with Gasteiger partial charge in [0.1, 0.15) is 0 Å². The Kier molecular flexibility index (Phi) is 45.8. The minimum Gasteiger partial charge on any atom is -0.303 e. The van der Waals surface area contributed by atoms with Gasteiger partial charge in [-0.1, -0.05) is 180 Å². The lowest BCUT2D eigenvalue weighted by Gasteiger charge is -1.98. The molecule has 0 radical (unpaired) electrons. The van der Waals surface area contributed by atoms with Gasteiger partial charge in [-0.3, -0.25) is 0 Å². The lowest BCUT2D eigenvalue weighted by molar-refractivity contribution is 0.275. The Morgan fingerprint density at radius 2 is 0.488 bits per heavy atom. The van der Waals surface area contributed by atoms with Gasteiger partial charge < -0.3 is 14.7 Å². The number of hydrogen-bond acceptors (Lipinski definition) is 1. The van der Waals surface area contributed by atoms with Gasteiger partial charge in [-0.25, -0.2) is 4.57 Å². The number of allylic oxidation sites excluding steroid dienone is 4. The molecule has 0 spiro atoms. The smallest absolute Gasteiger partial charge is 0.303 e. The maximum absolute atomic E-state index is 8.88. The van der Waals surface area contributed by atoms with Crippen LogP contribution in [0.2, 0.25) is 0 Å². The lowest BCUT2D eigenvalue weighted by atomic mass is 10.1. The van der Waals surface area contributed by atoms with Crippen molar-refractivity contribution in [3.63, 3.8) is 0 Å². The largest absolute Gasteiger partial charge is 0.466 e. The molecule has 0 fully saturated rings. The fraction of sp³-hybridized carbons (Fsp3) is 0.889. The van der Waals surface area contributed by atoms with Gasteiger partial charge in [0.25, 0.3) is 0 Å². The molecule has 41 heavy (non-hydrogen) atoms. The van der Waals surface area contributed by atoms with Gasteiger partial charge in [0.2, 0.25) is 0 Å². The molecule has 4 nitrogen and oxygen atoms in total. The van der Waals surface area contributed by atoms with Crippen LogP contribution in [0, 0.1) is 0 Å². The fourth-order valence-corrected chi connectivity index (χ4v) is 4.64. The van der Waals surface area contributed by atoms with Crippen molar-refractivity contribution >= 4 is 7.82 Å². The third-order valence-electron chi connectivity index (χ3n) is 7.23. The van der Waals surface area contributed by atoms with Gasteiger partial charge in [0, 0.05) is 0 Å². The van der Waals surface area contributed by atoms with E-state index in [1.54, 1.807) is 0 Å². The summed E-state index contributed by atoms with van der Waals surface area (Å²) in [6, 6.07) is 0. The summed E-state index contributed by atoms with van der Waals surface area (Å²) in [6.45, 7) is 9.13. The molecule has 0 heterocycles. The predicted octanol–water partition coefficient (Wildman–Crippen LogP) is 13.2. The number of rotatable bonds is 28. The Morgan fingerprint density at radius 1 is 0.341 bits per heavy atom. The minimum absolute atomic E-state index is 1.31. The van der Waals surface area contributed by atoms with E-state index in [0.29, 0.717) is 0 Å². The van der Waals surface area contributed by atoms with Crippen LogP contribution in [0.5, 0.6) is 0 Å². The summed E-state index contributed by atoms with van der Waals surface area (Å²) in [5, 5.41) is 0. The van der Waals surface area contributed by atoms with Gasteiger partial charge in [-0.15, -0.1) is 0 Å². The average Bonchev–Trinajstić information content (AvgIpc) is 2.93.